The Hall–Kier alpha value is -6.40. The number of hydrogen-bond acceptors (Lipinski definition) is 9. The van der Waals surface area contributed by atoms with Gasteiger partial charge in [0, 0.05) is 48.6 Å². The van der Waals surface area contributed by atoms with Crippen LogP contribution >= 0.6 is 0 Å². The Bertz CT molecular complexity index is 2240. The van der Waals surface area contributed by atoms with Gasteiger partial charge in [-0.25, -0.2) is 32.3 Å². The molecule has 3 N–H and O–H groups in total. The highest BCUT2D eigenvalue weighted by Gasteiger charge is 2.28. The summed E-state index contributed by atoms with van der Waals surface area (Å²) < 4.78 is 68.0. The molecule has 16 nitrogen and oxygen atoms in total. The average Bonchev–Trinajstić information content (AvgIpc) is 3.11. The molecule has 0 aromatic heterocycles. The standard InChI is InChI=1S/C45H58F3N7O9/c1-42(2,3)61-38(57)50-36(51-39(58)62-43(4,5)6)54-19-15-26(16-20-54)30-14-13-28(23-31(30)46)35(56)49-29-24-32(47)34(33(48)25-29)27-17-21-55(22-18-27)37(52-40(59)63-44(7,8)9)53-41(60)64-45(10,11)12/h13-15,17,23-25H,16,18-22H2,1-12H3,(H,49,56)(H,50,51,57,58)(H,52,53,59,60). The van der Waals surface area contributed by atoms with E-state index >= 15 is 13.2 Å². The van der Waals surface area contributed by atoms with Crippen LogP contribution < -0.4 is 16.0 Å². The number of anilines is 1. The highest BCUT2D eigenvalue weighted by Crippen LogP contribution is 2.31. The fourth-order valence-corrected chi connectivity index (χ4v) is 6.15. The van der Waals surface area contributed by atoms with Crippen LogP contribution in [0.15, 0.2) is 52.5 Å². The summed E-state index contributed by atoms with van der Waals surface area (Å²) in [6, 6.07) is 5.69. The number of aliphatic imine (C=N–C) groups is 2. The SMILES string of the molecule is CC(C)(C)OC(=O)N=C(NC(=O)OC(C)(C)C)N1CC=C(c2ccc(C(=O)Nc3cc(F)c(C4=CCN(C(=NC(=O)OC(C)(C)C)NC(=O)OC(C)(C)C)CC4)c(F)c3)cc2F)CC1. The van der Waals surface area contributed by atoms with Gasteiger partial charge in [0.05, 0.1) is 0 Å². The highest BCUT2D eigenvalue weighted by molar-refractivity contribution is 6.05. The van der Waals surface area contributed by atoms with E-state index in [1.54, 1.807) is 94.1 Å². The molecule has 0 aliphatic carbocycles. The molecule has 2 aromatic carbocycles. The summed E-state index contributed by atoms with van der Waals surface area (Å²) >= 11 is 0. The minimum atomic E-state index is -0.968. The molecule has 5 amide bonds. The number of rotatable bonds is 4. The lowest BCUT2D eigenvalue weighted by molar-refractivity contribution is 0.0536. The predicted molar refractivity (Wildman–Crippen MR) is 235 cm³/mol. The van der Waals surface area contributed by atoms with Crippen LogP contribution in [0, 0.1) is 17.5 Å². The van der Waals surface area contributed by atoms with Crippen molar-refractivity contribution in [2.45, 2.75) is 118 Å². The van der Waals surface area contributed by atoms with Gasteiger partial charge >= 0.3 is 24.4 Å². The van der Waals surface area contributed by atoms with E-state index < -0.39 is 70.1 Å². The Morgan fingerprint density at radius 2 is 1.00 bits per heavy atom. The van der Waals surface area contributed by atoms with Crippen LogP contribution in [0.1, 0.15) is 117 Å². The van der Waals surface area contributed by atoms with Crippen LogP contribution in [0.3, 0.4) is 0 Å². The molecule has 64 heavy (non-hydrogen) atoms. The van der Waals surface area contributed by atoms with Crippen molar-refractivity contribution < 1.29 is 56.1 Å². The first-order chi connectivity index (χ1) is 29.4. The summed E-state index contributed by atoms with van der Waals surface area (Å²) in [5, 5.41) is 7.38. The van der Waals surface area contributed by atoms with Crippen molar-refractivity contribution in [3.05, 3.63) is 76.6 Å². The molecule has 2 aliphatic heterocycles. The second-order valence-corrected chi connectivity index (χ2v) is 18.9. The molecule has 0 saturated carbocycles. The van der Waals surface area contributed by atoms with Gasteiger partial charge in [-0.15, -0.1) is 9.98 Å². The minimum absolute atomic E-state index is 0.00442. The van der Waals surface area contributed by atoms with E-state index in [0.717, 1.165) is 18.2 Å². The number of ether oxygens (including phenoxy) is 4. The van der Waals surface area contributed by atoms with E-state index in [9.17, 15) is 24.0 Å². The summed E-state index contributed by atoms with van der Waals surface area (Å²) in [5.41, 5.74) is -2.97. The Kier molecular flexibility index (Phi) is 15.7. The maximum atomic E-state index is 15.6. The molecule has 2 aliphatic rings. The number of carbonyl (C=O) groups excluding carboxylic acids is 5. The lowest BCUT2D eigenvalue weighted by Crippen LogP contribution is -2.48. The third-order valence-corrected chi connectivity index (χ3v) is 8.62. The van der Waals surface area contributed by atoms with E-state index in [4.69, 9.17) is 18.9 Å². The molecule has 4 rings (SSSR count). The van der Waals surface area contributed by atoms with Gasteiger partial charge in [-0.3, -0.25) is 15.4 Å². The van der Waals surface area contributed by atoms with Crippen molar-refractivity contribution in [3.8, 4) is 0 Å². The molecule has 0 radical (unpaired) electrons. The van der Waals surface area contributed by atoms with E-state index in [1.165, 1.54) is 23.1 Å². The van der Waals surface area contributed by atoms with Crippen molar-refractivity contribution in [2.75, 3.05) is 31.5 Å². The maximum absolute atomic E-state index is 15.6. The summed E-state index contributed by atoms with van der Waals surface area (Å²) in [6.07, 6.45) is -0.0656. The van der Waals surface area contributed by atoms with E-state index in [1.807, 2.05) is 0 Å². The van der Waals surface area contributed by atoms with Crippen LogP contribution in [0.2, 0.25) is 0 Å². The fraction of sp³-hybridized carbons (Fsp3) is 0.489. The molecule has 19 heteroatoms. The smallest absolute Gasteiger partial charge is 0.437 e. The number of amides is 5. The van der Waals surface area contributed by atoms with Gasteiger partial charge in [-0.05, 0) is 131 Å². The van der Waals surface area contributed by atoms with Gasteiger partial charge in [-0.2, -0.15) is 0 Å². The fourth-order valence-electron chi connectivity index (χ4n) is 6.15. The van der Waals surface area contributed by atoms with Crippen molar-refractivity contribution in [1.82, 2.24) is 20.4 Å². The summed E-state index contributed by atoms with van der Waals surface area (Å²) in [6.45, 7) is 20.4. The molecule has 0 unspecified atom stereocenters. The number of alkyl carbamates (subject to hydrolysis) is 2. The van der Waals surface area contributed by atoms with Gasteiger partial charge in [0.25, 0.3) is 5.91 Å². The van der Waals surface area contributed by atoms with Crippen LogP contribution in [0.25, 0.3) is 11.1 Å². The number of guanidine groups is 2. The summed E-state index contributed by atoms with van der Waals surface area (Å²) in [7, 11) is 0. The Balaban J connectivity index is 1.46. The van der Waals surface area contributed by atoms with Gasteiger partial charge in [0.15, 0.2) is 0 Å². The molecule has 0 fully saturated rings. The molecular weight excluding hydrogens is 840 g/mol. The van der Waals surface area contributed by atoms with Crippen molar-refractivity contribution in [1.29, 1.82) is 0 Å². The highest BCUT2D eigenvalue weighted by atomic mass is 19.1. The molecule has 348 valence electrons. The van der Waals surface area contributed by atoms with Gasteiger partial charge in [-0.1, -0.05) is 18.2 Å². The number of hydrogen-bond donors (Lipinski definition) is 3. The Morgan fingerprint density at radius 3 is 1.38 bits per heavy atom. The van der Waals surface area contributed by atoms with Crippen LogP contribution in [-0.2, 0) is 18.9 Å². The van der Waals surface area contributed by atoms with Crippen molar-refractivity contribution in [2.24, 2.45) is 9.98 Å². The maximum Gasteiger partial charge on any atom is 0.437 e. The molecule has 2 heterocycles. The third kappa shape index (κ3) is 15.7. The largest absolute Gasteiger partial charge is 0.444 e. The van der Waals surface area contributed by atoms with Crippen molar-refractivity contribution in [3.63, 3.8) is 0 Å². The molecule has 0 spiro atoms. The van der Waals surface area contributed by atoms with Gasteiger partial charge in [0.2, 0.25) is 11.9 Å². The first kappa shape index (κ1) is 50.2. The normalized spacial score (nSPS) is 15.4. The average molecular weight is 898 g/mol. The third-order valence-electron chi connectivity index (χ3n) is 8.62. The zero-order valence-electron chi connectivity index (χ0n) is 38.4. The number of nitrogens with one attached hydrogen (secondary N) is 3. The van der Waals surface area contributed by atoms with E-state index in [2.05, 4.69) is 25.9 Å². The molecule has 0 atom stereocenters. The summed E-state index contributed by atoms with van der Waals surface area (Å²) in [5.74, 6) is -3.77. The second kappa shape index (κ2) is 20.0. The zero-order chi connectivity index (χ0) is 47.9. The second-order valence-electron chi connectivity index (χ2n) is 18.9. The van der Waals surface area contributed by atoms with Gasteiger partial charge in [0.1, 0.15) is 39.9 Å². The lowest BCUT2D eigenvalue weighted by Gasteiger charge is -2.30. The first-order valence-corrected chi connectivity index (χ1v) is 20.6. The van der Waals surface area contributed by atoms with E-state index in [-0.39, 0.29) is 73.3 Å². The number of nitrogens with zero attached hydrogens (tertiary/aromatic N) is 4. The summed E-state index contributed by atoms with van der Waals surface area (Å²) in [4.78, 5) is 74.5. The van der Waals surface area contributed by atoms with Crippen LogP contribution in [0.4, 0.5) is 38.0 Å². The number of benzene rings is 2. The molecular formula is C45H58F3N7O9. The number of carbonyl (C=O) groups is 5. The monoisotopic (exact) mass is 897 g/mol. The Labute approximate surface area is 371 Å². The first-order valence-electron chi connectivity index (χ1n) is 20.6. The van der Waals surface area contributed by atoms with E-state index in [0.29, 0.717) is 11.1 Å². The number of halogens is 3. The minimum Gasteiger partial charge on any atom is -0.444 e. The molecule has 0 bridgehead atoms. The predicted octanol–water partition coefficient (Wildman–Crippen LogP) is 9.17. The van der Waals surface area contributed by atoms with Crippen LogP contribution in [-0.4, -0.2) is 101 Å². The Morgan fingerprint density at radius 1 is 0.578 bits per heavy atom. The van der Waals surface area contributed by atoms with Crippen LogP contribution in [0.5, 0.6) is 0 Å². The lowest BCUT2D eigenvalue weighted by atomic mass is 9.97. The van der Waals surface area contributed by atoms with Crippen molar-refractivity contribution >= 4 is 59.0 Å². The topological polar surface area (TPSA) is 190 Å². The quantitative estimate of drug-likeness (QED) is 0.151. The zero-order valence-corrected chi connectivity index (χ0v) is 38.4. The van der Waals surface area contributed by atoms with Gasteiger partial charge < -0.3 is 34.1 Å². The molecule has 2 aromatic rings. The molecule has 0 saturated heterocycles.